The molecule has 33 heavy (non-hydrogen) atoms. The maximum Gasteiger partial charge on any atom is 0.573 e. The molecular formula is C19H13Cl2F3N6O3. The number of fused-ring (bicyclic) bond motifs is 1. The number of amides is 3. The van der Waals surface area contributed by atoms with Crippen molar-refractivity contribution in [2.45, 2.75) is 30.8 Å². The molecule has 0 unspecified atom stereocenters. The van der Waals surface area contributed by atoms with Gasteiger partial charge in [0.25, 0.3) is 5.91 Å². The summed E-state index contributed by atoms with van der Waals surface area (Å²) in [5.41, 5.74) is 8.02. The van der Waals surface area contributed by atoms with Crippen molar-refractivity contribution < 1.29 is 27.5 Å². The molecule has 0 N–H and O–H groups in total. The van der Waals surface area contributed by atoms with E-state index in [1.54, 1.807) is 0 Å². The van der Waals surface area contributed by atoms with Gasteiger partial charge in [0.05, 0.1) is 11.7 Å². The molecule has 2 aliphatic rings. The van der Waals surface area contributed by atoms with Crippen LogP contribution in [0.4, 0.5) is 23.7 Å². The summed E-state index contributed by atoms with van der Waals surface area (Å²) in [7, 11) is 0. The van der Waals surface area contributed by atoms with Crippen LogP contribution in [0.1, 0.15) is 12.0 Å². The van der Waals surface area contributed by atoms with Gasteiger partial charge in [-0.2, -0.15) is 0 Å². The Balaban J connectivity index is 1.70. The number of urea groups is 1. The number of halogens is 5. The van der Waals surface area contributed by atoms with Crippen LogP contribution in [0.5, 0.6) is 5.75 Å². The van der Waals surface area contributed by atoms with Crippen LogP contribution in [0, 0.1) is 0 Å². The Morgan fingerprint density at radius 3 is 2.42 bits per heavy atom. The Morgan fingerprint density at radius 2 is 1.85 bits per heavy atom. The van der Waals surface area contributed by atoms with E-state index in [-0.39, 0.29) is 35.4 Å². The van der Waals surface area contributed by atoms with E-state index in [2.05, 4.69) is 19.7 Å². The molecule has 1 aromatic heterocycles. The maximum absolute atomic E-state index is 13.6. The van der Waals surface area contributed by atoms with Gasteiger partial charge in [-0.05, 0) is 41.8 Å². The lowest BCUT2D eigenvalue weighted by molar-refractivity contribution is -0.274. The van der Waals surface area contributed by atoms with Crippen LogP contribution in [0.15, 0.2) is 41.5 Å². The maximum atomic E-state index is 13.6. The second kappa shape index (κ2) is 8.29. The molecule has 2 aliphatic heterocycles. The lowest BCUT2D eigenvalue weighted by atomic mass is 9.87. The number of pyridine rings is 1. The third-order valence-corrected chi connectivity index (χ3v) is 5.77. The van der Waals surface area contributed by atoms with E-state index < -0.39 is 35.6 Å². The van der Waals surface area contributed by atoms with Gasteiger partial charge >= 0.3 is 12.4 Å². The van der Waals surface area contributed by atoms with Gasteiger partial charge in [-0.1, -0.05) is 40.4 Å². The van der Waals surface area contributed by atoms with Gasteiger partial charge in [-0.25, -0.2) is 14.7 Å². The summed E-state index contributed by atoms with van der Waals surface area (Å²) in [6.45, 7) is -0.00699. The third-order valence-electron chi connectivity index (χ3n) is 5.38. The second-order valence-electron chi connectivity index (χ2n) is 7.47. The molecule has 2 fully saturated rings. The van der Waals surface area contributed by atoms with Crippen molar-refractivity contribution in [3.05, 3.63) is 62.7 Å². The highest BCUT2D eigenvalue weighted by Gasteiger charge is 2.62. The summed E-state index contributed by atoms with van der Waals surface area (Å²) in [6.07, 6.45) is -4.83. The predicted octanol–water partition coefficient (Wildman–Crippen LogP) is 5.12. The molecule has 0 saturated carbocycles. The molecule has 1 aromatic carbocycles. The van der Waals surface area contributed by atoms with E-state index >= 15 is 0 Å². The molecule has 2 aromatic rings. The van der Waals surface area contributed by atoms with E-state index in [4.69, 9.17) is 28.7 Å². The second-order valence-corrected chi connectivity index (χ2v) is 8.24. The number of hydrogen-bond acceptors (Lipinski definition) is 5. The summed E-state index contributed by atoms with van der Waals surface area (Å²) in [6, 6.07) is 6.29. The van der Waals surface area contributed by atoms with Crippen molar-refractivity contribution in [3.8, 4) is 5.75 Å². The van der Waals surface area contributed by atoms with Gasteiger partial charge in [0.1, 0.15) is 21.6 Å². The minimum Gasteiger partial charge on any atom is -0.406 e. The van der Waals surface area contributed by atoms with Crippen LogP contribution in [-0.4, -0.2) is 46.3 Å². The van der Waals surface area contributed by atoms with Crippen LogP contribution in [0.25, 0.3) is 10.4 Å². The van der Waals surface area contributed by atoms with Crippen molar-refractivity contribution in [1.82, 2.24) is 9.88 Å². The number of imide groups is 1. The molecule has 9 nitrogen and oxygen atoms in total. The molecule has 3 heterocycles. The fourth-order valence-electron chi connectivity index (χ4n) is 4.18. The zero-order valence-corrected chi connectivity index (χ0v) is 18.0. The average molecular weight is 501 g/mol. The zero-order chi connectivity index (χ0) is 24.0. The van der Waals surface area contributed by atoms with Crippen molar-refractivity contribution >= 4 is 40.8 Å². The van der Waals surface area contributed by atoms with Crippen molar-refractivity contribution in [2.24, 2.45) is 5.11 Å². The Labute approximate surface area is 194 Å². The summed E-state index contributed by atoms with van der Waals surface area (Å²) in [5, 5.41) is 3.62. The zero-order valence-electron chi connectivity index (χ0n) is 16.5. The Morgan fingerprint density at radius 1 is 1.21 bits per heavy atom. The quantitative estimate of drug-likeness (QED) is 0.186. The number of azide groups is 1. The molecule has 3 amide bonds. The highest BCUT2D eigenvalue weighted by Crippen LogP contribution is 2.43. The first-order valence-electron chi connectivity index (χ1n) is 9.40. The van der Waals surface area contributed by atoms with E-state index in [0.29, 0.717) is 5.56 Å². The minimum atomic E-state index is -4.84. The van der Waals surface area contributed by atoms with E-state index in [0.717, 1.165) is 17.0 Å². The lowest BCUT2D eigenvalue weighted by Gasteiger charge is -2.28. The number of aromatic nitrogens is 1. The SMILES string of the molecule is [N-]=[N+]=N[C@H]1CN2C(=O)N(c3cc(Cl)nc(Cl)c3)C(=O)[C@@]2(Cc2ccc(OC(F)(F)F)cc2)C1. The monoisotopic (exact) mass is 500 g/mol. The number of rotatable bonds is 5. The normalized spacial score (nSPS) is 22.4. The standard InChI is InChI=1S/C19H13Cl2F3N6O3/c20-14-5-12(6-15(21)26-14)30-16(31)18(8-11(27-28-25)9-29(18)17(30)32)7-10-1-3-13(4-2-10)33-19(22,23)24/h1-6,11H,7-9H2/t11-,18-/m1/s1. The number of carbonyl (C=O) groups is 2. The molecule has 0 radical (unpaired) electrons. The van der Waals surface area contributed by atoms with Crippen molar-refractivity contribution in [2.75, 3.05) is 11.4 Å². The highest BCUT2D eigenvalue weighted by molar-refractivity contribution is 6.33. The molecule has 2 saturated heterocycles. The summed E-state index contributed by atoms with van der Waals surface area (Å²) in [5.74, 6) is -1.02. The predicted molar refractivity (Wildman–Crippen MR) is 111 cm³/mol. The summed E-state index contributed by atoms with van der Waals surface area (Å²) < 4.78 is 41.2. The summed E-state index contributed by atoms with van der Waals surface area (Å²) >= 11 is 11.9. The Kier molecular flexibility index (Phi) is 5.77. The van der Waals surface area contributed by atoms with Gasteiger partial charge in [0.2, 0.25) is 0 Å². The Bertz CT molecular complexity index is 1150. The lowest BCUT2D eigenvalue weighted by Crippen LogP contribution is -2.47. The molecule has 4 rings (SSSR count). The van der Waals surface area contributed by atoms with Crippen LogP contribution < -0.4 is 9.64 Å². The van der Waals surface area contributed by atoms with E-state index in [1.807, 2.05) is 0 Å². The van der Waals surface area contributed by atoms with Crippen LogP contribution in [0.2, 0.25) is 10.3 Å². The fourth-order valence-corrected chi connectivity index (χ4v) is 4.63. The molecule has 0 bridgehead atoms. The van der Waals surface area contributed by atoms with Gasteiger partial charge in [0.15, 0.2) is 0 Å². The number of carbonyl (C=O) groups excluding carboxylic acids is 2. The molecule has 172 valence electrons. The first-order valence-corrected chi connectivity index (χ1v) is 10.2. The molecular weight excluding hydrogens is 488 g/mol. The van der Waals surface area contributed by atoms with Gasteiger partial charge in [-0.15, -0.1) is 13.2 Å². The third kappa shape index (κ3) is 4.37. The van der Waals surface area contributed by atoms with Gasteiger partial charge in [-0.3, -0.25) is 4.79 Å². The topological polar surface area (TPSA) is 112 Å². The van der Waals surface area contributed by atoms with E-state index in [1.165, 1.54) is 29.2 Å². The van der Waals surface area contributed by atoms with Crippen LogP contribution in [-0.2, 0) is 11.2 Å². The number of hydrogen-bond donors (Lipinski definition) is 0. The average Bonchev–Trinajstić information content (AvgIpc) is 3.15. The highest BCUT2D eigenvalue weighted by atomic mass is 35.5. The number of alkyl halides is 3. The first kappa shape index (κ1) is 23.0. The van der Waals surface area contributed by atoms with E-state index in [9.17, 15) is 22.8 Å². The number of benzene rings is 1. The summed E-state index contributed by atoms with van der Waals surface area (Å²) in [4.78, 5) is 35.6. The van der Waals surface area contributed by atoms with Crippen LogP contribution in [0.3, 0.4) is 0 Å². The minimum absolute atomic E-state index is 0.00699. The van der Waals surface area contributed by atoms with Crippen LogP contribution >= 0.6 is 23.2 Å². The largest absolute Gasteiger partial charge is 0.573 e. The van der Waals surface area contributed by atoms with Gasteiger partial charge < -0.3 is 9.64 Å². The molecule has 2 atom stereocenters. The van der Waals surface area contributed by atoms with Crippen molar-refractivity contribution in [1.29, 1.82) is 0 Å². The number of anilines is 1. The fraction of sp³-hybridized carbons (Fsp3) is 0.316. The smallest absolute Gasteiger partial charge is 0.406 e. The first-order chi connectivity index (χ1) is 15.5. The molecule has 0 spiro atoms. The number of nitrogens with zero attached hydrogens (tertiary/aromatic N) is 6. The Hall–Kier alpha value is -3.21. The molecule has 14 heteroatoms. The number of ether oxygens (including phenoxy) is 1. The van der Waals surface area contributed by atoms with Crippen molar-refractivity contribution in [3.63, 3.8) is 0 Å². The van der Waals surface area contributed by atoms with Gasteiger partial charge in [0, 0.05) is 17.9 Å². The molecule has 0 aliphatic carbocycles.